The number of benzene rings is 1. The maximum atomic E-state index is 5.72. The minimum Gasteiger partial charge on any atom is -0.465 e. The molecule has 1 aromatic heterocycles. The van der Waals surface area contributed by atoms with E-state index in [1.54, 1.807) is 0 Å². The van der Waals surface area contributed by atoms with Crippen molar-refractivity contribution in [1.29, 1.82) is 0 Å². The van der Waals surface area contributed by atoms with E-state index in [0.29, 0.717) is 12.0 Å². The van der Waals surface area contributed by atoms with Gasteiger partial charge in [-0.3, -0.25) is 0 Å². The fourth-order valence-corrected chi connectivity index (χ4v) is 2.53. The summed E-state index contributed by atoms with van der Waals surface area (Å²) in [5.41, 5.74) is 1.34. The fraction of sp³-hybridized carbons (Fsp3) is 0.444. The Labute approximate surface area is 122 Å². The Morgan fingerprint density at radius 1 is 1.00 bits per heavy atom. The largest absolute Gasteiger partial charge is 0.465 e. The Bertz CT molecular complexity index is 515. The van der Waals surface area contributed by atoms with Crippen LogP contribution in [0.2, 0.25) is 0 Å². The number of nitrogens with one attached hydrogen (secondary N) is 1. The van der Waals surface area contributed by atoms with Gasteiger partial charge in [-0.05, 0) is 43.9 Å². The van der Waals surface area contributed by atoms with Gasteiger partial charge in [0.15, 0.2) is 0 Å². The molecule has 1 heterocycles. The molecule has 0 saturated heterocycles. The van der Waals surface area contributed by atoms with E-state index in [1.165, 1.54) is 5.56 Å². The molecule has 1 aromatic carbocycles. The highest BCUT2D eigenvalue weighted by Crippen LogP contribution is 2.25. The first-order chi connectivity index (χ1) is 9.56. The molecule has 108 valence electrons. The van der Waals surface area contributed by atoms with Crippen molar-refractivity contribution >= 4 is 0 Å². The highest BCUT2D eigenvalue weighted by molar-refractivity contribution is 5.20. The lowest BCUT2D eigenvalue weighted by Crippen LogP contribution is -2.25. The lowest BCUT2D eigenvalue weighted by Gasteiger charge is -2.24. The number of aryl methyl sites for hydroxylation is 1. The molecule has 0 aliphatic heterocycles. The Balaban J connectivity index is 2.11. The minimum absolute atomic E-state index is 0.215. The molecule has 2 heteroatoms. The summed E-state index contributed by atoms with van der Waals surface area (Å²) in [6, 6.07) is 15.3. The van der Waals surface area contributed by atoms with E-state index < -0.39 is 0 Å². The molecule has 2 atom stereocenters. The average molecular weight is 271 g/mol. The molecule has 0 aliphatic rings. The summed E-state index contributed by atoms with van der Waals surface area (Å²) in [6.45, 7) is 8.67. The van der Waals surface area contributed by atoms with Crippen molar-refractivity contribution in [2.24, 2.45) is 5.92 Å². The lowest BCUT2D eigenvalue weighted by atomic mass is 9.96. The van der Waals surface area contributed by atoms with E-state index in [1.807, 2.05) is 13.0 Å². The minimum atomic E-state index is 0.215. The van der Waals surface area contributed by atoms with Gasteiger partial charge in [0.2, 0.25) is 0 Å². The van der Waals surface area contributed by atoms with E-state index in [0.717, 1.165) is 17.9 Å². The van der Waals surface area contributed by atoms with E-state index in [-0.39, 0.29) is 6.04 Å². The van der Waals surface area contributed by atoms with Crippen LogP contribution in [0.5, 0.6) is 0 Å². The van der Waals surface area contributed by atoms with Crippen molar-refractivity contribution in [2.75, 3.05) is 0 Å². The van der Waals surface area contributed by atoms with Gasteiger partial charge in [0, 0.05) is 6.04 Å². The van der Waals surface area contributed by atoms with Crippen LogP contribution in [0.1, 0.15) is 56.4 Å². The first kappa shape index (κ1) is 14.9. The van der Waals surface area contributed by atoms with Gasteiger partial charge in [-0.25, -0.2) is 0 Å². The van der Waals surface area contributed by atoms with Crippen molar-refractivity contribution in [3.63, 3.8) is 0 Å². The summed E-state index contributed by atoms with van der Waals surface area (Å²) in [6.07, 6.45) is 1.12. The number of furan rings is 1. The second-order valence-corrected chi connectivity index (χ2v) is 5.93. The second-order valence-electron chi connectivity index (χ2n) is 5.93. The van der Waals surface area contributed by atoms with Crippen LogP contribution < -0.4 is 5.32 Å². The third kappa shape index (κ3) is 3.97. The lowest BCUT2D eigenvalue weighted by molar-refractivity contribution is 0.351. The van der Waals surface area contributed by atoms with E-state index in [4.69, 9.17) is 4.42 Å². The van der Waals surface area contributed by atoms with Crippen molar-refractivity contribution in [3.05, 3.63) is 59.5 Å². The van der Waals surface area contributed by atoms with Gasteiger partial charge >= 0.3 is 0 Å². The van der Waals surface area contributed by atoms with E-state index >= 15 is 0 Å². The topological polar surface area (TPSA) is 25.2 Å². The van der Waals surface area contributed by atoms with Crippen LogP contribution in [0.15, 0.2) is 46.9 Å². The van der Waals surface area contributed by atoms with Crippen LogP contribution in [0.3, 0.4) is 0 Å². The summed E-state index contributed by atoms with van der Waals surface area (Å²) in [5, 5.41) is 3.70. The summed E-state index contributed by atoms with van der Waals surface area (Å²) < 4.78 is 5.72. The second kappa shape index (κ2) is 6.76. The third-order valence-corrected chi connectivity index (χ3v) is 3.55. The summed E-state index contributed by atoms with van der Waals surface area (Å²) in [4.78, 5) is 0. The summed E-state index contributed by atoms with van der Waals surface area (Å²) in [5.74, 6) is 2.62. The third-order valence-electron chi connectivity index (χ3n) is 3.55. The SMILES string of the molecule is Cc1ccc(C(C)NC(CC(C)C)c2ccccc2)o1. The predicted octanol–water partition coefficient (Wildman–Crippen LogP) is 5.03. The van der Waals surface area contributed by atoms with Gasteiger partial charge < -0.3 is 9.73 Å². The fourth-order valence-electron chi connectivity index (χ4n) is 2.53. The van der Waals surface area contributed by atoms with Crippen LogP contribution in [0.25, 0.3) is 0 Å². The maximum Gasteiger partial charge on any atom is 0.120 e. The molecule has 2 rings (SSSR count). The van der Waals surface area contributed by atoms with Gasteiger partial charge in [-0.15, -0.1) is 0 Å². The Morgan fingerprint density at radius 3 is 2.25 bits per heavy atom. The molecular weight excluding hydrogens is 246 g/mol. The average Bonchev–Trinajstić information content (AvgIpc) is 2.85. The van der Waals surface area contributed by atoms with Crippen LogP contribution in [0, 0.1) is 12.8 Å². The zero-order valence-electron chi connectivity index (χ0n) is 12.9. The zero-order valence-corrected chi connectivity index (χ0v) is 12.9. The summed E-state index contributed by atoms with van der Waals surface area (Å²) >= 11 is 0. The molecule has 0 spiro atoms. The molecular formula is C18H25NO. The standard InChI is InChI=1S/C18H25NO/c1-13(2)12-17(16-8-6-5-7-9-16)19-15(4)18-11-10-14(3)20-18/h5-11,13,15,17,19H,12H2,1-4H3. The smallest absolute Gasteiger partial charge is 0.120 e. The van der Waals surface area contributed by atoms with E-state index in [2.05, 4.69) is 62.5 Å². The number of hydrogen-bond acceptors (Lipinski definition) is 2. The first-order valence-electron chi connectivity index (χ1n) is 7.43. The molecule has 1 N–H and O–H groups in total. The van der Waals surface area contributed by atoms with Gasteiger partial charge in [0.25, 0.3) is 0 Å². The highest BCUT2D eigenvalue weighted by atomic mass is 16.3. The molecule has 0 radical (unpaired) electrons. The zero-order chi connectivity index (χ0) is 14.5. The number of hydrogen-bond donors (Lipinski definition) is 1. The van der Waals surface area contributed by atoms with Crippen LogP contribution in [-0.4, -0.2) is 0 Å². The van der Waals surface area contributed by atoms with Gasteiger partial charge in [0.1, 0.15) is 11.5 Å². The van der Waals surface area contributed by atoms with Crippen LogP contribution in [-0.2, 0) is 0 Å². The quantitative estimate of drug-likeness (QED) is 0.797. The number of rotatable bonds is 6. The van der Waals surface area contributed by atoms with E-state index in [9.17, 15) is 0 Å². The predicted molar refractivity (Wildman–Crippen MR) is 83.6 cm³/mol. The normalized spacial score (nSPS) is 14.4. The van der Waals surface area contributed by atoms with Crippen molar-refractivity contribution in [1.82, 2.24) is 5.32 Å². The monoisotopic (exact) mass is 271 g/mol. The molecule has 2 nitrogen and oxygen atoms in total. The van der Waals surface area contributed by atoms with Crippen molar-refractivity contribution in [2.45, 2.75) is 46.2 Å². The van der Waals surface area contributed by atoms with Gasteiger partial charge in [-0.1, -0.05) is 44.2 Å². The molecule has 2 aromatic rings. The molecule has 0 aliphatic carbocycles. The van der Waals surface area contributed by atoms with Crippen molar-refractivity contribution in [3.8, 4) is 0 Å². The Morgan fingerprint density at radius 2 is 1.70 bits per heavy atom. The van der Waals surface area contributed by atoms with Gasteiger partial charge in [-0.2, -0.15) is 0 Å². The molecule has 2 unspecified atom stereocenters. The van der Waals surface area contributed by atoms with Crippen LogP contribution in [0.4, 0.5) is 0 Å². The molecule has 0 fully saturated rings. The highest BCUT2D eigenvalue weighted by Gasteiger charge is 2.18. The first-order valence-corrected chi connectivity index (χ1v) is 7.43. The molecule has 20 heavy (non-hydrogen) atoms. The maximum absolute atomic E-state index is 5.72. The van der Waals surface area contributed by atoms with Crippen LogP contribution >= 0.6 is 0 Å². The Kier molecular flexibility index (Phi) is 5.02. The van der Waals surface area contributed by atoms with Gasteiger partial charge in [0.05, 0.1) is 6.04 Å². The molecule has 0 saturated carbocycles. The molecule has 0 bridgehead atoms. The Hall–Kier alpha value is -1.54. The van der Waals surface area contributed by atoms with Crippen molar-refractivity contribution < 1.29 is 4.42 Å². The summed E-state index contributed by atoms with van der Waals surface area (Å²) in [7, 11) is 0. The molecule has 0 amide bonds.